The molecule has 0 saturated carbocycles. The highest BCUT2D eigenvalue weighted by molar-refractivity contribution is 5.76. The second-order valence-electron chi connectivity index (χ2n) is 4.20. The fourth-order valence-electron chi connectivity index (χ4n) is 1.81. The van der Waals surface area contributed by atoms with Crippen LogP contribution in [-0.4, -0.2) is 36.2 Å². The second kappa shape index (κ2) is 6.80. The second-order valence-corrected chi connectivity index (χ2v) is 4.20. The number of hydrogen-bond acceptors (Lipinski definition) is 3. The number of carbonyl (C=O) groups excluding carboxylic acids is 1. The molecule has 0 radical (unpaired) electrons. The molecule has 2 atom stereocenters. The molecule has 0 aromatic carbocycles. The highest BCUT2D eigenvalue weighted by atomic mass is 16.3. The molecule has 0 spiro atoms. The third-order valence-corrected chi connectivity index (χ3v) is 2.87. The molecule has 15 heavy (non-hydrogen) atoms. The average Bonchev–Trinajstić information content (AvgIpc) is 2.70. The molecule has 1 rings (SSSR count). The van der Waals surface area contributed by atoms with Crippen LogP contribution in [0.15, 0.2) is 0 Å². The van der Waals surface area contributed by atoms with E-state index < -0.39 is 0 Å². The summed E-state index contributed by atoms with van der Waals surface area (Å²) >= 11 is 0. The molecule has 4 heteroatoms. The highest BCUT2D eigenvalue weighted by Gasteiger charge is 2.17. The molecule has 0 aliphatic carbocycles. The van der Waals surface area contributed by atoms with E-state index in [1.807, 2.05) is 6.92 Å². The van der Waals surface area contributed by atoms with Crippen LogP contribution >= 0.6 is 0 Å². The molecule has 0 bridgehead atoms. The summed E-state index contributed by atoms with van der Waals surface area (Å²) < 4.78 is 0. The molecule has 0 aromatic heterocycles. The molecule has 1 aliphatic rings. The molecule has 0 aromatic rings. The minimum absolute atomic E-state index is 0.0951. The summed E-state index contributed by atoms with van der Waals surface area (Å²) in [5, 5.41) is 15.4. The van der Waals surface area contributed by atoms with Crippen molar-refractivity contribution in [2.24, 2.45) is 0 Å². The summed E-state index contributed by atoms with van der Waals surface area (Å²) in [6.07, 6.45) is 3.97. The van der Waals surface area contributed by atoms with Crippen LogP contribution in [0.2, 0.25) is 0 Å². The van der Waals surface area contributed by atoms with E-state index >= 15 is 0 Å². The number of nitrogens with one attached hydrogen (secondary N) is 2. The van der Waals surface area contributed by atoms with Gasteiger partial charge in [-0.05, 0) is 32.2 Å². The predicted octanol–water partition coefficient (Wildman–Crippen LogP) is 0.406. The van der Waals surface area contributed by atoms with Gasteiger partial charge in [-0.1, -0.05) is 6.92 Å². The Morgan fingerprint density at radius 2 is 2.47 bits per heavy atom. The number of aliphatic hydroxyl groups excluding tert-OH is 1. The Bertz CT molecular complexity index is 191. The average molecular weight is 214 g/mol. The van der Waals surface area contributed by atoms with Gasteiger partial charge in [0.25, 0.3) is 0 Å². The molecule has 1 fully saturated rings. The van der Waals surface area contributed by atoms with Crippen LogP contribution < -0.4 is 10.6 Å². The Morgan fingerprint density at radius 3 is 3.07 bits per heavy atom. The fraction of sp³-hybridized carbons (Fsp3) is 0.909. The molecule has 3 N–H and O–H groups in total. The number of aliphatic hydroxyl groups is 1. The van der Waals surface area contributed by atoms with Gasteiger partial charge in [0.15, 0.2) is 0 Å². The van der Waals surface area contributed by atoms with Gasteiger partial charge in [-0.15, -0.1) is 0 Å². The van der Waals surface area contributed by atoms with E-state index in [1.54, 1.807) is 0 Å². The minimum Gasteiger partial charge on any atom is -0.393 e. The van der Waals surface area contributed by atoms with Crippen LogP contribution in [0.5, 0.6) is 0 Å². The Hall–Kier alpha value is -0.610. The van der Waals surface area contributed by atoms with Crippen molar-refractivity contribution in [3.8, 4) is 0 Å². The summed E-state index contributed by atoms with van der Waals surface area (Å²) in [6, 6.07) is 0.362. The number of carbonyl (C=O) groups is 1. The van der Waals surface area contributed by atoms with Gasteiger partial charge in [-0.3, -0.25) is 4.79 Å². The van der Waals surface area contributed by atoms with Gasteiger partial charge in [-0.25, -0.2) is 0 Å². The zero-order chi connectivity index (χ0) is 11.1. The standard InChI is InChI=1S/C11H22N2O2/c1-2-10(14)5-7-13-11(15)8-9-4-3-6-12-9/h9-10,12,14H,2-8H2,1H3,(H,13,15). The quantitative estimate of drug-likeness (QED) is 0.600. The van der Waals surface area contributed by atoms with Crippen molar-refractivity contribution in [1.29, 1.82) is 0 Å². The maximum atomic E-state index is 11.4. The summed E-state index contributed by atoms with van der Waals surface area (Å²) in [5.74, 6) is 0.0951. The zero-order valence-corrected chi connectivity index (χ0v) is 9.46. The van der Waals surface area contributed by atoms with Crippen LogP contribution in [0.3, 0.4) is 0 Å². The lowest BCUT2D eigenvalue weighted by Crippen LogP contribution is -2.33. The van der Waals surface area contributed by atoms with Gasteiger partial charge in [0.1, 0.15) is 0 Å². The zero-order valence-electron chi connectivity index (χ0n) is 9.46. The molecule has 1 saturated heterocycles. The van der Waals surface area contributed by atoms with Gasteiger partial charge >= 0.3 is 0 Å². The van der Waals surface area contributed by atoms with Crippen molar-refractivity contribution in [3.05, 3.63) is 0 Å². The van der Waals surface area contributed by atoms with E-state index in [2.05, 4.69) is 10.6 Å². The van der Waals surface area contributed by atoms with Gasteiger partial charge in [0, 0.05) is 19.0 Å². The van der Waals surface area contributed by atoms with Gasteiger partial charge < -0.3 is 15.7 Å². The van der Waals surface area contributed by atoms with Crippen LogP contribution in [0.4, 0.5) is 0 Å². The van der Waals surface area contributed by atoms with Gasteiger partial charge in [-0.2, -0.15) is 0 Å². The topological polar surface area (TPSA) is 61.4 Å². The minimum atomic E-state index is -0.282. The lowest BCUT2D eigenvalue weighted by molar-refractivity contribution is -0.121. The Labute approximate surface area is 91.4 Å². The maximum absolute atomic E-state index is 11.4. The Kier molecular flexibility index (Phi) is 5.65. The molecular weight excluding hydrogens is 192 g/mol. The SMILES string of the molecule is CCC(O)CCNC(=O)CC1CCCN1. The molecule has 2 unspecified atom stereocenters. The fourth-order valence-corrected chi connectivity index (χ4v) is 1.81. The molecular formula is C11H22N2O2. The molecule has 4 nitrogen and oxygen atoms in total. The van der Waals surface area contributed by atoms with E-state index in [9.17, 15) is 9.90 Å². The first-order valence-corrected chi connectivity index (χ1v) is 5.90. The van der Waals surface area contributed by atoms with Gasteiger partial charge in [0.05, 0.1) is 6.10 Å². The first kappa shape index (κ1) is 12.5. The Morgan fingerprint density at radius 1 is 1.67 bits per heavy atom. The predicted molar refractivity (Wildman–Crippen MR) is 59.6 cm³/mol. The van der Waals surface area contributed by atoms with E-state index in [1.165, 1.54) is 6.42 Å². The molecule has 1 aliphatic heterocycles. The molecule has 88 valence electrons. The van der Waals surface area contributed by atoms with Crippen molar-refractivity contribution >= 4 is 5.91 Å². The molecule has 1 amide bonds. The highest BCUT2D eigenvalue weighted by Crippen LogP contribution is 2.08. The van der Waals surface area contributed by atoms with Crippen molar-refractivity contribution in [2.75, 3.05) is 13.1 Å². The summed E-state index contributed by atoms with van der Waals surface area (Å²) in [6.45, 7) is 3.56. The van der Waals surface area contributed by atoms with E-state index in [0.717, 1.165) is 19.4 Å². The van der Waals surface area contributed by atoms with Crippen molar-refractivity contribution in [2.45, 2.75) is 51.2 Å². The first-order chi connectivity index (χ1) is 7.22. The van der Waals surface area contributed by atoms with E-state index in [0.29, 0.717) is 25.4 Å². The summed E-state index contributed by atoms with van der Waals surface area (Å²) in [4.78, 5) is 11.4. The van der Waals surface area contributed by atoms with Gasteiger partial charge in [0.2, 0.25) is 5.91 Å². The van der Waals surface area contributed by atoms with E-state index in [4.69, 9.17) is 0 Å². The van der Waals surface area contributed by atoms with Crippen LogP contribution in [-0.2, 0) is 4.79 Å². The van der Waals surface area contributed by atoms with Crippen molar-refractivity contribution in [3.63, 3.8) is 0 Å². The number of rotatable bonds is 6. The number of amides is 1. The first-order valence-electron chi connectivity index (χ1n) is 5.90. The lowest BCUT2D eigenvalue weighted by Gasteiger charge is -2.11. The third-order valence-electron chi connectivity index (χ3n) is 2.87. The smallest absolute Gasteiger partial charge is 0.221 e. The summed E-state index contributed by atoms with van der Waals surface area (Å²) in [7, 11) is 0. The lowest BCUT2D eigenvalue weighted by atomic mass is 10.1. The molecule has 1 heterocycles. The van der Waals surface area contributed by atoms with Crippen molar-refractivity contribution in [1.82, 2.24) is 10.6 Å². The largest absolute Gasteiger partial charge is 0.393 e. The normalized spacial score (nSPS) is 22.7. The van der Waals surface area contributed by atoms with Crippen molar-refractivity contribution < 1.29 is 9.90 Å². The van der Waals surface area contributed by atoms with E-state index in [-0.39, 0.29) is 12.0 Å². The third kappa shape index (κ3) is 5.14. The van der Waals surface area contributed by atoms with Crippen LogP contribution in [0.1, 0.15) is 39.0 Å². The monoisotopic (exact) mass is 214 g/mol. The van der Waals surface area contributed by atoms with Crippen LogP contribution in [0.25, 0.3) is 0 Å². The van der Waals surface area contributed by atoms with Crippen LogP contribution in [0, 0.1) is 0 Å². The maximum Gasteiger partial charge on any atom is 0.221 e. The Balaban J connectivity index is 2.02. The number of hydrogen-bond donors (Lipinski definition) is 3. The summed E-state index contributed by atoms with van der Waals surface area (Å²) in [5.41, 5.74) is 0.